The summed E-state index contributed by atoms with van der Waals surface area (Å²) in [5.41, 5.74) is 1.18. The van der Waals surface area contributed by atoms with Gasteiger partial charge in [0.15, 0.2) is 0 Å². The number of benzene rings is 2. The molecule has 1 heterocycles. The van der Waals surface area contributed by atoms with Crippen LogP contribution in [0.15, 0.2) is 42.5 Å². The Hall–Kier alpha value is -2.56. The van der Waals surface area contributed by atoms with E-state index in [0.29, 0.717) is 13.0 Å². The largest absolute Gasteiger partial charge is 0.481 e. The van der Waals surface area contributed by atoms with Crippen LogP contribution in [0.5, 0.6) is 0 Å². The topological polar surface area (TPSA) is 77.8 Å². The van der Waals surface area contributed by atoms with Crippen molar-refractivity contribution < 1.29 is 19.8 Å². The molecule has 0 aromatic heterocycles. The van der Waals surface area contributed by atoms with E-state index in [4.69, 9.17) is 5.11 Å². The quantitative estimate of drug-likeness (QED) is 0.909. The molecule has 0 radical (unpaired) electrons. The number of rotatable bonds is 4. The lowest BCUT2D eigenvalue weighted by Gasteiger charge is -2.15. The monoisotopic (exact) mass is 313 g/mol. The lowest BCUT2D eigenvalue weighted by Crippen LogP contribution is -2.28. The first-order valence-electron chi connectivity index (χ1n) is 7.73. The van der Waals surface area contributed by atoms with Crippen LogP contribution in [-0.4, -0.2) is 40.3 Å². The Balaban J connectivity index is 1.76. The molecule has 23 heavy (non-hydrogen) atoms. The van der Waals surface area contributed by atoms with Gasteiger partial charge < -0.3 is 15.1 Å². The Morgan fingerprint density at radius 1 is 1.04 bits per heavy atom. The number of hydrogen-bond acceptors (Lipinski definition) is 2. The summed E-state index contributed by atoms with van der Waals surface area (Å²) in [5, 5.41) is 20.8. The number of carbonyl (C=O) groups is 2. The Morgan fingerprint density at radius 3 is 2.52 bits per heavy atom. The normalized spacial score (nSPS) is 20.8. The van der Waals surface area contributed by atoms with Crippen LogP contribution >= 0.6 is 0 Å². The molecule has 5 heteroatoms. The molecule has 2 N–H and O–H groups in total. The predicted molar refractivity (Wildman–Crippen MR) is 86.5 cm³/mol. The summed E-state index contributed by atoms with van der Waals surface area (Å²) in [6.07, 6.45) is 0.391. The molecule has 1 aliphatic rings. The highest BCUT2D eigenvalue weighted by Crippen LogP contribution is 2.29. The fraction of sp³-hybridized carbons (Fsp3) is 0.333. The molecule has 0 saturated carbocycles. The van der Waals surface area contributed by atoms with Crippen molar-refractivity contribution in [1.29, 1.82) is 0 Å². The summed E-state index contributed by atoms with van der Waals surface area (Å²) in [5.74, 6) is -1.65. The maximum Gasteiger partial charge on any atom is 0.407 e. The second-order valence-corrected chi connectivity index (χ2v) is 6.07. The molecule has 2 atom stereocenters. The molecule has 1 saturated heterocycles. The fourth-order valence-electron chi connectivity index (χ4n) is 3.45. The number of hydrogen-bond donors (Lipinski definition) is 2. The maximum absolute atomic E-state index is 11.4. The highest BCUT2D eigenvalue weighted by molar-refractivity contribution is 5.85. The Kier molecular flexibility index (Phi) is 4.19. The number of nitrogens with zero attached hydrogens (tertiary/aromatic N) is 1. The summed E-state index contributed by atoms with van der Waals surface area (Å²) in [6.45, 7) is 0.391. The van der Waals surface area contributed by atoms with Crippen molar-refractivity contribution in [2.45, 2.75) is 12.8 Å². The number of likely N-dealkylation sites (tertiary alicyclic amines) is 1. The molecule has 2 aromatic carbocycles. The first-order chi connectivity index (χ1) is 11.1. The number of aryl methyl sites for hydroxylation is 1. The Labute approximate surface area is 134 Å². The maximum atomic E-state index is 11.4. The SMILES string of the molecule is O=C(O)[C@H]1CN(C(=O)O)C[C@@H]1CCc1cccc2ccccc12. The number of amides is 1. The molecule has 0 unspecified atom stereocenters. The van der Waals surface area contributed by atoms with E-state index in [2.05, 4.69) is 24.3 Å². The van der Waals surface area contributed by atoms with Gasteiger partial charge in [0.25, 0.3) is 0 Å². The van der Waals surface area contributed by atoms with Gasteiger partial charge in [0.05, 0.1) is 5.92 Å². The second-order valence-electron chi connectivity index (χ2n) is 6.07. The Morgan fingerprint density at radius 2 is 1.78 bits per heavy atom. The van der Waals surface area contributed by atoms with Gasteiger partial charge in [-0.15, -0.1) is 0 Å². The first kappa shape index (κ1) is 15.3. The van der Waals surface area contributed by atoms with Crippen LogP contribution in [-0.2, 0) is 11.2 Å². The molecular formula is C18H19NO4. The van der Waals surface area contributed by atoms with E-state index in [1.54, 1.807) is 0 Å². The highest BCUT2D eigenvalue weighted by Gasteiger charge is 2.39. The molecule has 1 fully saturated rings. The molecule has 0 aliphatic carbocycles. The zero-order chi connectivity index (χ0) is 16.4. The zero-order valence-electron chi connectivity index (χ0n) is 12.7. The van der Waals surface area contributed by atoms with E-state index in [9.17, 15) is 14.7 Å². The lowest BCUT2D eigenvalue weighted by atomic mass is 9.89. The van der Waals surface area contributed by atoms with Crippen molar-refractivity contribution in [2.75, 3.05) is 13.1 Å². The summed E-state index contributed by atoms with van der Waals surface area (Å²) in [7, 11) is 0. The molecule has 3 rings (SSSR count). The minimum atomic E-state index is -1.04. The van der Waals surface area contributed by atoms with Crippen LogP contribution in [0.1, 0.15) is 12.0 Å². The van der Waals surface area contributed by atoms with E-state index in [1.165, 1.54) is 21.2 Å². The smallest absolute Gasteiger partial charge is 0.407 e. The van der Waals surface area contributed by atoms with Gasteiger partial charge in [-0.3, -0.25) is 4.79 Å². The van der Waals surface area contributed by atoms with Gasteiger partial charge in [0.1, 0.15) is 0 Å². The van der Waals surface area contributed by atoms with Crippen LogP contribution in [0.3, 0.4) is 0 Å². The van der Waals surface area contributed by atoms with Crippen molar-refractivity contribution in [1.82, 2.24) is 4.90 Å². The van der Waals surface area contributed by atoms with Gasteiger partial charge >= 0.3 is 12.1 Å². The molecule has 5 nitrogen and oxygen atoms in total. The third kappa shape index (κ3) is 3.13. The molecule has 120 valence electrons. The summed E-state index contributed by atoms with van der Waals surface area (Å²) in [4.78, 5) is 23.7. The minimum absolute atomic E-state index is 0.0882. The second kappa shape index (κ2) is 6.28. The molecule has 2 aromatic rings. The van der Waals surface area contributed by atoms with Gasteiger partial charge in [-0.25, -0.2) is 4.79 Å². The van der Waals surface area contributed by atoms with E-state index in [0.717, 1.165) is 6.42 Å². The average Bonchev–Trinajstić information content (AvgIpc) is 2.97. The van der Waals surface area contributed by atoms with Crippen molar-refractivity contribution >= 4 is 22.8 Å². The van der Waals surface area contributed by atoms with Crippen molar-refractivity contribution in [2.24, 2.45) is 11.8 Å². The van der Waals surface area contributed by atoms with Gasteiger partial charge in [-0.1, -0.05) is 42.5 Å². The van der Waals surface area contributed by atoms with E-state index in [-0.39, 0.29) is 12.5 Å². The minimum Gasteiger partial charge on any atom is -0.481 e. The summed E-state index contributed by atoms with van der Waals surface area (Å²) >= 11 is 0. The zero-order valence-corrected chi connectivity index (χ0v) is 12.7. The number of fused-ring (bicyclic) bond motifs is 1. The number of aliphatic carboxylic acids is 1. The molecular weight excluding hydrogens is 294 g/mol. The van der Waals surface area contributed by atoms with Crippen molar-refractivity contribution in [3.05, 3.63) is 48.0 Å². The Bertz CT molecular complexity index is 737. The first-order valence-corrected chi connectivity index (χ1v) is 7.73. The number of carboxylic acid groups (broad SMARTS) is 2. The standard InChI is InChI=1S/C18H19NO4/c20-17(21)16-11-19(18(22)23)10-14(16)9-8-13-6-3-5-12-4-1-2-7-15(12)13/h1-7,14,16H,8-11H2,(H,20,21)(H,22,23)/t14-,16-/m0/s1. The molecule has 0 bridgehead atoms. The molecule has 0 spiro atoms. The third-order valence-electron chi connectivity index (χ3n) is 4.69. The van der Waals surface area contributed by atoms with Crippen LogP contribution in [0.4, 0.5) is 4.79 Å². The lowest BCUT2D eigenvalue weighted by molar-refractivity contribution is -0.142. The molecule has 1 amide bonds. The van der Waals surface area contributed by atoms with E-state index >= 15 is 0 Å². The van der Waals surface area contributed by atoms with Gasteiger partial charge in [0, 0.05) is 13.1 Å². The van der Waals surface area contributed by atoms with Gasteiger partial charge in [0.2, 0.25) is 0 Å². The van der Waals surface area contributed by atoms with Gasteiger partial charge in [-0.05, 0) is 35.1 Å². The number of carboxylic acids is 1. The van der Waals surface area contributed by atoms with E-state index < -0.39 is 18.0 Å². The van der Waals surface area contributed by atoms with Crippen LogP contribution in [0.25, 0.3) is 10.8 Å². The third-order valence-corrected chi connectivity index (χ3v) is 4.69. The van der Waals surface area contributed by atoms with E-state index in [1.807, 2.05) is 18.2 Å². The highest BCUT2D eigenvalue weighted by atomic mass is 16.4. The van der Waals surface area contributed by atoms with Crippen LogP contribution < -0.4 is 0 Å². The fourth-order valence-corrected chi connectivity index (χ4v) is 3.45. The van der Waals surface area contributed by atoms with Crippen LogP contribution in [0.2, 0.25) is 0 Å². The van der Waals surface area contributed by atoms with Crippen molar-refractivity contribution in [3.63, 3.8) is 0 Å². The average molecular weight is 313 g/mol. The van der Waals surface area contributed by atoms with Gasteiger partial charge in [-0.2, -0.15) is 0 Å². The van der Waals surface area contributed by atoms with Crippen molar-refractivity contribution in [3.8, 4) is 0 Å². The summed E-state index contributed by atoms with van der Waals surface area (Å²) in [6, 6.07) is 14.2. The summed E-state index contributed by atoms with van der Waals surface area (Å²) < 4.78 is 0. The predicted octanol–water partition coefficient (Wildman–Crippen LogP) is 3.08. The molecule has 1 aliphatic heterocycles. The van der Waals surface area contributed by atoms with Crippen LogP contribution in [0, 0.1) is 11.8 Å².